The molecule has 0 radical (unpaired) electrons. The van der Waals surface area contributed by atoms with Crippen molar-refractivity contribution in [3.63, 3.8) is 0 Å². The zero-order valence-corrected chi connectivity index (χ0v) is 10.1. The van der Waals surface area contributed by atoms with E-state index in [4.69, 9.17) is 0 Å². The van der Waals surface area contributed by atoms with Gasteiger partial charge in [0.25, 0.3) is 0 Å². The summed E-state index contributed by atoms with van der Waals surface area (Å²) in [5, 5.41) is 2.70. The molecule has 1 heterocycles. The summed E-state index contributed by atoms with van der Waals surface area (Å²) in [4.78, 5) is 13.6. The van der Waals surface area contributed by atoms with E-state index in [1.165, 1.54) is 0 Å². The van der Waals surface area contributed by atoms with E-state index >= 15 is 0 Å². The summed E-state index contributed by atoms with van der Waals surface area (Å²) < 4.78 is 0. The van der Waals surface area contributed by atoms with Crippen molar-refractivity contribution >= 4 is 5.91 Å². The predicted molar refractivity (Wildman–Crippen MR) is 60.2 cm³/mol. The van der Waals surface area contributed by atoms with Gasteiger partial charge in [-0.2, -0.15) is 0 Å². The molecule has 84 valence electrons. The molecule has 14 heavy (non-hydrogen) atoms. The third kappa shape index (κ3) is 3.66. The van der Waals surface area contributed by atoms with Gasteiger partial charge in [0.1, 0.15) is 0 Å². The second kappa shape index (κ2) is 6.82. The Bertz CT molecular complexity index is 169. The fourth-order valence-corrected chi connectivity index (χ4v) is 1.67. The van der Waals surface area contributed by atoms with Gasteiger partial charge >= 0.3 is 0 Å². The van der Waals surface area contributed by atoms with E-state index in [0.717, 1.165) is 19.5 Å². The minimum Gasteiger partial charge on any atom is -0.359 e. The molecule has 0 saturated carbocycles. The normalized spacial score (nSPS) is 21.7. The Kier molecular flexibility index (Phi) is 6.54. The lowest BCUT2D eigenvalue weighted by Crippen LogP contribution is -2.32. The highest BCUT2D eigenvalue weighted by Gasteiger charge is 2.28. The molecular formula is C11H24N2O. The fourth-order valence-electron chi connectivity index (χ4n) is 1.67. The molecule has 3 nitrogen and oxygen atoms in total. The molecule has 3 heteroatoms. The zero-order chi connectivity index (χ0) is 11.1. The smallest absolute Gasteiger partial charge is 0.224 e. The first-order chi connectivity index (χ1) is 6.65. The molecule has 1 aliphatic rings. The first-order valence-corrected chi connectivity index (χ1v) is 5.60. The Balaban J connectivity index is 0.000000791. The van der Waals surface area contributed by atoms with Crippen molar-refractivity contribution in [1.29, 1.82) is 0 Å². The number of hydrogen-bond donors (Lipinski definition) is 1. The lowest BCUT2D eigenvalue weighted by molar-refractivity contribution is -0.124. The van der Waals surface area contributed by atoms with E-state index in [2.05, 4.69) is 24.1 Å². The predicted octanol–water partition coefficient (Wildman–Crippen LogP) is 1.49. The summed E-state index contributed by atoms with van der Waals surface area (Å²) in [5.41, 5.74) is 0. The van der Waals surface area contributed by atoms with Gasteiger partial charge in [-0.05, 0) is 26.8 Å². The fraction of sp³-hybridized carbons (Fsp3) is 0.909. The van der Waals surface area contributed by atoms with Crippen LogP contribution in [0.5, 0.6) is 0 Å². The van der Waals surface area contributed by atoms with Crippen molar-refractivity contribution in [3.8, 4) is 0 Å². The third-order valence-corrected chi connectivity index (χ3v) is 2.57. The average molecular weight is 200 g/mol. The van der Waals surface area contributed by atoms with Gasteiger partial charge in [0.15, 0.2) is 0 Å². The van der Waals surface area contributed by atoms with E-state index < -0.39 is 0 Å². The number of carbonyl (C=O) groups is 1. The van der Waals surface area contributed by atoms with Crippen LogP contribution in [0.15, 0.2) is 0 Å². The molecule has 1 unspecified atom stereocenters. The van der Waals surface area contributed by atoms with Crippen LogP contribution in [0.3, 0.4) is 0 Å². The van der Waals surface area contributed by atoms with Crippen molar-refractivity contribution in [3.05, 3.63) is 0 Å². The molecule has 1 rings (SSSR count). The topological polar surface area (TPSA) is 32.3 Å². The van der Waals surface area contributed by atoms with E-state index in [-0.39, 0.29) is 11.8 Å². The number of rotatable bonds is 2. The Hall–Kier alpha value is -0.570. The van der Waals surface area contributed by atoms with E-state index in [0.29, 0.717) is 6.04 Å². The van der Waals surface area contributed by atoms with Crippen molar-refractivity contribution < 1.29 is 4.79 Å². The van der Waals surface area contributed by atoms with Gasteiger partial charge in [0.2, 0.25) is 5.91 Å². The molecule has 0 aromatic carbocycles. The Morgan fingerprint density at radius 3 is 2.36 bits per heavy atom. The van der Waals surface area contributed by atoms with Crippen LogP contribution >= 0.6 is 0 Å². The summed E-state index contributed by atoms with van der Waals surface area (Å²) >= 11 is 0. The number of likely N-dealkylation sites (tertiary alicyclic amines) is 1. The average Bonchev–Trinajstić information content (AvgIpc) is 2.68. The molecule has 1 aliphatic heterocycles. The van der Waals surface area contributed by atoms with Gasteiger partial charge in [0.05, 0.1) is 5.92 Å². The molecule has 1 N–H and O–H groups in total. The molecule has 1 amide bonds. The standard InChI is InChI=1S/C9H18N2O.C2H6/c1-7(2)11-5-4-8(6-11)9(12)10-3;1-2/h7-8H,4-6H2,1-3H3,(H,10,12);1-2H3. The second-order valence-corrected chi connectivity index (χ2v) is 3.69. The number of hydrogen-bond acceptors (Lipinski definition) is 2. The minimum absolute atomic E-state index is 0.193. The van der Waals surface area contributed by atoms with Gasteiger partial charge < -0.3 is 10.2 Å². The SMILES string of the molecule is CC.CNC(=O)C1CCN(C(C)C)C1. The molecule has 0 aromatic heterocycles. The largest absolute Gasteiger partial charge is 0.359 e. The van der Waals surface area contributed by atoms with Crippen molar-refractivity contribution in [2.45, 2.75) is 40.2 Å². The van der Waals surface area contributed by atoms with Crippen LogP contribution in [0.2, 0.25) is 0 Å². The summed E-state index contributed by atoms with van der Waals surface area (Å²) in [6.45, 7) is 10.3. The summed E-state index contributed by atoms with van der Waals surface area (Å²) in [7, 11) is 1.71. The highest BCUT2D eigenvalue weighted by Crippen LogP contribution is 2.18. The number of amides is 1. The quantitative estimate of drug-likeness (QED) is 0.732. The Labute approximate surface area is 87.9 Å². The molecule has 1 fully saturated rings. The van der Waals surface area contributed by atoms with E-state index in [1.807, 2.05) is 13.8 Å². The maximum Gasteiger partial charge on any atom is 0.224 e. The first-order valence-electron chi connectivity index (χ1n) is 5.60. The Morgan fingerprint density at radius 1 is 1.43 bits per heavy atom. The highest BCUT2D eigenvalue weighted by atomic mass is 16.1. The highest BCUT2D eigenvalue weighted by molar-refractivity contribution is 5.78. The van der Waals surface area contributed by atoms with Crippen molar-refractivity contribution in [2.75, 3.05) is 20.1 Å². The minimum atomic E-state index is 0.193. The van der Waals surface area contributed by atoms with E-state index in [9.17, 15) is 4.79 Å². The van der Waals surface area contributed by atoms with Gasteiger partial charge in [-0.1, -0.05) is 13.8 Å². The lowest BCUT2D eigenvalue weighted by Gasteiger charge is -2.19. The third-order valence-electron chi connectivity index (χ3n) is 2.57. The van der Waals surface area contributed by atoms with Gasteiger partial charge in [-0.15, -0.1) is 0 Å². The zero-order valence-electron chi connectivity index (χ0n) is 10.1. The monoisotopic (exact) mass is 200 g/mol. The maximum atomic E-state index is 11.2. The van der Waals surface area contributed by atoms with Crippen LogP contribution in [0, 0.1) is 5.92 Å². The second-order valence-electron chi connectivity index (χ2n) is 3.69. The molecule has 1 atom stereocenters. The van der Waals surface area contributed by atoms with Crippen LogP contribution in [-0.4, -0.2) is 37.0 Å². The van der Waals surface area contributed by atoms with Crippen LogP contribution in [0.4, 0.5) is 0 Å². The van der Waals surface area contributed by atoms with Crippen molar-refractivity contribution in [2.24, 2.45) is 5.92 Å². The van der Waals surface area contributed by atoms with E-state index in [1.54, 1.807) is 7.05 Å². The summed E-state index contributed by atoms with van der Waals surface area (Å²) in [6.07, 6.45) is 1.01. The lowest BCUT2D eigenvalue weighted by atomic mass is 10.1. The van der Waals surface area contributed by atoms with Crippen LogP contribution in [-0.2, 0) is 4.79 Å². The molecule has 0 bridgehead atoms. The van der Waals surface area contributed by atoms with Gasteiger partial charge in [-0.25, -0.2) is 0 Å². The Morgan fingerprint density at radius 2 is 2.00 bits per heavy atom. The van der Waals surface area contributed by atoms with Crippen LogP contribution in [0.1, 0.15) is 34.1 Å². The van der Waals surface area contributed by atoms with Crippen LogP contribution in [0.25, 0.3) is 0 Å². The molecule has 0 aliphatic carbocycles. The molecule has 0 aromatic rings. The summed E-state index contributed by atoms with van der Waals surface area (Å²) in [5.74, 6) is 0.413. The van der Waals surface area contributed by atoms with Crippen LogP contribution < -0.4 is 5.32 Å². The summed E-state index contributed by atoms with van der Waals surface area (Å²) in [6, 6.07) is 0.569. The van der Waals surface area contributed by atoms with Crippen molar-refractivity contribution in [1.82, 2.24) is 10.2 Å². The maximum absolute atomic E-state index is 11.2. The number of nitrogens with one attached hydrogen (secondary N) is 1. The number of nitrogens with zero attached hydrogens (tertiary/aromatic N) is 1. The molecule has 0 spiro atoms. The van der Waals surface area contributed by atoms with Gasteiger partial charge in [-0.3, -0.25) is 4.79 Å². The number of carbonyl (C=O) groups excluding carboxylic acids is 1. The molecule has 1 saturated heterocycles. The first kappa shape index (κ1) is 13.4. The van der Waals surface area contributed by atoms with Gasteiger partial charge in [0, 0.05) is 19.6 Å². The molecular weight excluding hydrogens is 176 g/mol.